The minimum Gasteiger partial charge on any atom is -0.306 e. The minimum absolute atomic E-state index is 0.237. The first kappa shape index (κ1) is 10.8. The fourth-order valence-electron chi connectivity index (χ4n) is 1.29. The molecule has 5 nitrogen and oxygen atoms in total. The van der Waals surface area contributed by atoms with Gasteiger partial charge in [-0.1, -0.05) is 6.07 Å². The zero-order valence-electron chi connectivity index (χ0n) is 8.79. The smallest absolute Gasteiger partial charge is 0.259 e. The zero-order chi connectivity index (χ0) is 12.1. The number of hydrogen-bond donors (Lipinski definition) is 1. The molecule has 2 heterocycles. The van der Waals surface area contributed by atoms with Gasteiger partial charge < -0.3 is 5.32 Å². The van der Waals surface area contributed by atoms with Crippen molar-refractivity contribution < 1.29 is 4.79 Å². The lowest BCUT2D eigenvalue weighted by Gasteiger charge is -2.04. The molecule has 0 unspecified atom stereocenters. The Morgan fingerprint density at radius 3 is 2.88 bits per heavy atom. The van der Waals surface area contributed by atoms with Crippen LogP contribution in [-0.2, 0) is 0 Å². The number of carbonyl (C=O) groups is 1. The number of amides is 1. The molecule has 82 valence electrons. The van der Waals surface area contributed by atoms with Gasteiger partial charge in [0.2, 0.25) is 0 Å². The summed E-state index contributed by atoms with van der Waals surface area (Å²) in [5, 5.41) is 11.5. The summed E-state index contributed by atoms with van der Waals surface area (Å²) >= 11 is 0. The second-order valence-corrected chi connectivity index (χ2v) is 3.20. The molecule has 1 N–H and O–H groups in total. The summed E-state index contributed by atoms with van der Waals surface area (Å²) in [6, 6.07) is 8.61. The van der Waals surface area contributed by atoms with E-state index >= 15 is 0 Å². The highest BCUT2D eigenvalue weighted by atomic mass is 16.1. The molecule has 0 aliphatic rings. The SMILES string of the molecule is N#Cc1ccncc1C(=O)Nc1ccccn1. The van der Waals surface area contributed by atoms with E-state index in [1.54, 1.807) is 24.4 Å². The second-order valence-electron chi connectivity index (χ2n) is 3.20. The number of aromatic nitrogens is 2. The molecule has 2 aromatic rings. The topological polar surface area (TPSA) is 78.7 Å². The summed E-state index contributed by atoms with van der Waals surface area (Å²) in [4.78, 5) is 19.6. The van der Waals surface area contributed by atoms with Crippen LogP contribution in [-0.4, -0.2) is 15.9 Å². The lowest BCUT2D eigenvalue weighted by Crippen LogP contribution is -2.14. The van der Waals surface area contributed by atoms with Gasteiger partial charge >= 0.3 is 0 Å². The monoisotopic (exact) mass is 224 g/mol. The number of nitrogens with zero attached hydrogens (tertiary/aromatic N) is 3. The maximum atomic E-state index is 11.9. The van der Waals surface area contributed by atoms with Crippen molar-refractivity contribution in [3.63, 3.8) is 0 Å². The van der Waals surface area contributed by atoms with Crippen LogP contribution in [0.25, 0.3) is 0 Å². The van der Waals surface area contributed by atoms with Gasteiger partial charge in [0.25, 0.3) is 5.91 Å². The molecule has 0 bridgehead atoms. The predicted octanol–water partition coefficient (Wildman–Crippen LogP) is 1.60. The lowest BCUT2D eigenvalue weighted by atomic mass is 10.1. The largest absolute Gasteiger partial charge is 0.306 e. The Labute approximate surface area is 97.8 Å². The normalized spacial score (nSPS) is 9.35. The molecule has 0 aromatic carbocycles. The van der Waals surface area contributed by atoms with Crippen LogP contribution in [0.15, 0.2) is 42.9 Å². The fourth-order valence-corrected chi connectivity index (χ4v) is 1.29. The third-order valence-electron chi connectivity index (χ3n) is 2.09. The Morgan fingerprint density at radius 2 is 2.18 bits per heavy atom. The van der Waals surface area contributed by atoms with E-state index < -0.39 is 5.91 Å². The summed E-state index contributed by atoms with van der Waals surface area (Å²) in [7, 11) is 0. The van der Waals surface area contributed by atoms with Crippen molar-refractivity contribution in [2.24, 2.45) is 0 Å². The first-order chi connectivity index (χ1) is 8.31. The number of nitriles is 1. The molecule has 2 aromatic heterocycles. The summed E-state index contributed by atoms with van der Waals surface area (Å²) in [5.41, 5.74) is 0.522. The van der Waals surface area contributed by atoms with E-state index in [-0.39, 0.29) is 11.1 Å². The van der Waals surface area contributed by atoms with Gasteiger partial charge in [0.15, 0.2) is 0 Å². The number of pyridine rings is 2. The van der Waals surface area contributed by atoms with Crippen molar-refractivity contribution in [1.29, 1.82) is 5.26 Å². The van der Waals surface area contributed by atoms with Crippen LogP contribution < -0.4 is 5.32 Å². The Hall–Kier alpha value is -2.74. The van der Waals surface area contributed by atoms with Crippen molar-refractivity contribution in [3.8, 4) is 6.07 Å². The van der Waals surface area contributed by atoms with E-state index in [0.29, 0.717) is 5.82 Å². The molecule has 0 saturated carbocycles. The van der Waals surface area contributed by atoms with E-state index in [1.807, 2.05) is 6.07 Å². The summed E-state index contributed by atoms with van der Waals surface area (Å²) in [6.07, 6.45) is 4.40. The van der Waals surface area contributed by atoms with Crippen molar-refractivity contribution in [2.45, 2.75) is 0 Å². The molecule has 0 aliphatic carbocycles. The van der Waals surface area contributed by atoms with Gasteiger partial charge in [0.05, 0.1) is 11.1 Å². The van der Waals surface area contributed by atoms with E-state index in [2.05, 4.69) is 15.3 Å². The lowest BCUT2D eigenvalue weighted by molar-refractivity contribution is 0.102. The van der Waals surface area contributed by atoms with E-state index in [0.717, 1.165) is 0 Å². The van der Waals surface area contributed by atoms with Crippen LogP contribution in [0.2, 0.25) is 0 Å². The van der Waals surface area contributed by atoms with Gasteiger partial charge in [0, 0.05) is 18.6 Å². The van der Waals surface area contributed by atoms with Crippen LogP contribution in [0.4, 0.5) is 5.82 Å². The van der Waals surface area contributed by atoms with Gasteiger partial charge in [-0.05, 0) is 18.2 Å². The number of hydrogen-bond acceptors (Lipinski definition) is 4. The molecule has 0 saturated heterocycles. The molecule has 0 radical (unpaired) electrons. The predicted molar refractivity (Wildman–Crippen MR) is 61.1 cm³/mol. The second kappa shape index (κ2) is 4.86. The molecule has 17 heavy (non-hydrogen) atoms. The number of nitrogens with one attached hydrogen (secondary N) is 1. The Balaban J connectivity index is 2.24. The van der Waals surface area contributed by atoms with Crippen molar-refractivity contribution in [2.75, 3.05) is 5.32 Å². The van der Waals surface area contributed by atoms with Crippen LogP contribution >= 0.6 is 0 Å². The third-order valence-corrected chi connectivity index (χ3v) is 2.09. The minimum atomic E-state index is -0.395. The molecule has 0 aliphatic heterocycles. The van der Waals surface area contributed by atoms with Gasteiger partial charge in [-0.25, -0.2) is 4.98 Å². The maximum Gasteiger partial charge on any atom is 0.259 e. The first-order valence-corrected chi connectivity index (χ1v) is 4.88. The van der Waals surface area contributed by atoms with E-state index in [4.69, 9.17) is 5.26 Å². The number of anilines is 1. The molecule has 5 heteroatoms. The molecule has 0 atom stereocenters. The zero-order valence-corrected chi connectivity index (χ0v) is 8.79. The van der Waals surface area contributed by atoms with E-state index in [1.165, 1.54) is 18.5 Å². The number of rotatable bonds is 2. The van der Waals surface area contributed by atoms with Crippen molar-refractivity contribution >= 4 is 11.7 Å². The quantitative estimate of drug-likeness (QED) is 0.840. The third kappa shape index (κ3) is 2.44. The molecular weight excluding hydrogens is 216 g/mol. The first-order valence-electron chi connectivity index (χ1n) is 4.88. The van der Waals surface area contributed by atoms with Crippen LogP contribution in [0, 0.1) is 11.3 Å². The Bertz CT molecular complexity index is 575. The standard InChI is InChI=1S/C12H8N4O/c13-7-9-4-6-14-8-10(9)12(17)16-11-3-1-2-5-15-11/h1-6,8H,(H,15,16,17). The van der Waals surface area contributed by atoms with Gasteiger partial charge in [-0.2, -0.15) is 5.26 Å². The van der Waals surface area contributed by atoms with Gasteiger partial charge in [0.1, 0.15) is 11.9 Å². The molecular formula is C12H8N4O. The maximum absolute atomic E-state index is 11.9. The van der Waals surface area contributed by atoms with E-state index in [9.17, 15) is 4.79 Å². The molecule has 0 fully saturated rings. The summed E-state index contributed by atoms with van der Waals surface area (Å²) in [6.45, 7) is 0. The molecule has 2 rings (SSSR count). The van der Waals surface area contributed by atoms with Gasteiger partial charge in [-0.3, -0.25) is 9.78 Å². The highest BCUT2D eigenvalue weighted by Gasteiger charge is 2.11. The van der Waals surface area contributed by atoms with Crippen LogP contribution in [0.1, 0.15) is 15.9 Å². The van der Waals surface area contributed by atoms with Crippen LogP contribution in [0.3, 0.4) is 0 Å². The number of carbonyl (C=O) groups excluding carboxylic acids is 1. The fraction of sp³-hybridized carbons (Fsp3) is 0. The van der Waals surface area contributed by atoms with Gasteiger partial charge in [-0.15, -0.1) is 0 Å². The van der Waals surface area contributed by atoms with Crippen LogP contribution in [0.5, 0.6) is 0 Å². The Kier molecular flexibility index (Phi) is 3.08. The Morgan fingerprint density at radius 1 is 1.29 bits per heavy atom. The summed E-state index contributed by atoms with van der Waals surface area (Å²) < 4.78 is 0. The average molecular weight is 224 g/mol. The molecule has 0 spiro atoms. The highest BCUT2D eigenvalue weighted by Crippen LogP contribution is 2.08. The average Bonchev–Trinajstić information content (AvgIpc) is 2.40. The summed E-state index contributed by atoms with van der Waals surface area (Å²) in [5.74, 6) is 0.0404. The van der Waals surface area contributed by atoms with Crippen molar-refractivity contribution in [1.82, 2.24) is 9.97 Å². The highest BCUT2D eigenvalue weighted by molar-refractivity contribution is 6.05. The molecule has 1 amide bonds. The van der Waals surface area contributed by atoms with Crippen molar-refractivity contribution in [3.05, 3.63) is 54.0 Å².